The number of ether oxygens (including phenoxy) is 3. The average molecular weight is 368 g/mol. The Hall–Kier alpha value is -0.940. The lowest BCUT2D eigenvalue weighted by atomic mass is 9.93. The van der Waals surface area contributed by atoms with E-state index in [2.05, 4.69) is 6.92 Å². The Kier molecular flexibility index (Phi) is 16.8. The fraction of sp³-hybridized carbons (Fsp3) is 0.727. The molecule has 0 fully saturated rings. The molecule has 0 aliphatic heterocycles. The molecule has 0 amide bonds. The summed E-state index contributed by atoms with van der Waals surface area (Å²) in [5.41, 5.74) is 5.63. The largest absolute Gasteiger partial charge is 0.331 e. The highest BCUT2D eigenvalue weighted by molar-refractivity contribution is 4.99. The molecule has 1 aromatic carbocycles. The van der Waals surface area contributed by atoms with Crippen molar-refractivity contribution in [3.8, 4) is 0 Å². The number of unbranched alkanes of at least 4 members (excludes halogenated alkanes) is 5. The maximum atomic E-state index is 5.63. The summed E-state index contributed by atoms with van der Waals surface area (Å²) >= 11 is 0. The van der Waals surface area contributed by atoms with Crippen molar-refractivity contribution in [1.29, 1.82) is 0 Å². The van der Waals surface area contributed by atoms with Crippen molar-refractivity contribution in [2.45, 2.75) is 70.7 Å². The molecule has 1 atom stereocenters. The summed E-state index contributed by atoms with van der Waals surface area (Å²) in [6.07, 6.45) is 10.8. The fourth-order valence-electron chi connectivity index (χ4n) is 3.17. The van der Waals surface area contributed by atoms with Crippen molar-refractivity contribution in [3.05, 3.63) is 36.4 Å². The van der Waals surface area contributed by atoms with Crippen LogP contribution in [0.15, 0.2) is 36.4 Å². The van der Waals surface area contributed by atoms with Crippen LogP contribution in [0.2, 0.25) is 0 Å². The third-order valence-corrected chi connectivity index (χ3v) is 4.68. The minimum atomic E-state index is -0.918. The summed E-state index contributed by atoms with van der Waals surface area (Å²) in [5.74, 6) is -0.685. The predicted molar refractivity (Wildman–Crippen MR) is 110 cm³/mol. The van der Waals surface area contributed by atoms with E-state index in [1.165, 1.54) is 38.5 Å². The SMILES string of the molecule is CCCCCCCCC(CCCN)C(OC)(OC)OC.c1ccccc1. The molecule has 152 valence electrons. The Morgan fingerprint density at radius 2 is 1.12 bits per heavy atom. The topological polar surface area (TPSA) is 53.7 Å². The van der Waals surface area contributed by atoms with Crippen molar-refractivity contribution in [2.75, 3.05) is 27.9 Å². The second kappa shape index (κ2) is 17.5. The lowest BCUT2D eigenvalue weighted by Crippen LogP contribution is -2.44. The Bertz CT molecular complexity index is 347. The number of rotatable bonds is 14. The van der Waals surface area contributed by atoms with E-state index in [1.54, 1.807) is 21.3 Å². The first kappa shape index (κ1) is 25.1. The zero-order chi connectivity index (χ0) is 19.5. The number of hydrogen-bond acceptors (Lipinski definition) is 4. The molecular weight excluding hydrogens is 326 g/mol. The summed E-state index contributed by atoms with van der Waals surface area (Å²) in [4.78, 5) is 0. The van der Waals surface area contributed by atoms with Gasteiger partial charge in [0.05, 0.1) is 0 Å². The minimum absolute atomic E-state index is 0.234. The minimum Gasteiger partial charge on any atom is -0.331 e. The molecule has 0 spiro atoms. The monoisotopic (exact) mass is 367 g/mol. The molecule has 4 heteroatoms. The Morgan fingerprint density at radius 1 is 0.692 bits per heavy atom. The van der Waals surface area contributed by atoms with Crippen molar-refractivity contribution in [2.24, 2.45) is 11.7 Å². The molecule has 0 heterocycles. The number of hydrogen-bond donors (Lipinski definition) is 1. The van der Waals surface area contributed by atoms with Gasteiger partial charge >= 0.3 is 0 Å². The molecule has 0 radical (unpaired) electrons. The van der Waals surface area contributed by atoms with Gasteiger partial charge in [-0.2, -0.15) is 0 Å². The third kappa shape index (κ3) is 10.9. The van der Waals surface area contributed by atoms with Gasteiger partial charge in [0.25, 0.3) is 5.97 Å². The van der Waals surface area contributed by atoms with E-state index in [0.717, 1.165) is 19.3 Å². The quantitative estimate of drug-likeness (QED) is 0.355. The molecule has 26 heavy (non-hydrogen) atoms. The first-order valence-electron chi connectivity index (χ1n) is 10.1. The first-order valence-corrected chi connectivity index (χ1v) is 10.1. The Morgan fingerprint density at radius 3 is 1.54 bits per heavy atom. The van der Waals surface area contributed by atoms with E-state index >= 15 is 0 Å². The van der Waals surface area contributed by atoms with Gasteiger partial charge in [-0.3, -0.25) is 0 Å². The second-order valence-corrected chi connectivity index (χ2v) is 6.55. The predicted octanol–water partition coefficient (Wildman–Crippen LogP) is 5.37. The molecule has 0 aliphatic carbocycles. The highest BCUT2D eigenvalue weighted by Crippen LogP contribution is 2.32. The van der Waals surface area contributed by atoms with Gasteiger partial charge in [-0.1, -0.05) is 81.8 Å². The molecule has 4 nitrogen and oxygen atoms in total. The van der Waals surface area contributed by atoms with Crippen LogP contribution in [0.25, 0.3) is 0 Å². The lowest BCUT2D eigenvalue weighted by Gasteiger charge is -2.36. The highest BCUT2D eigenvalue weighted by atomic mass is 16.9. The summed E-state index contributed by atoms with van der Waals surface area (Å²) < 4.78 is 16.5. The lowest BCUT2D eigenvalue weighted by molar-refractivity contribution is -0.380. The standard InChI is InChI=1S/C16H35NO3.C6H6/c1-5-6-7-8-9-10-12-15(13-11-14-17)16(18-2,19-3)20-4;1-2-4-6-5-3-1/h15H,5-14,17H2,1-4H3;1-6H. The van der Waals surface area contributed by atoms with Crippen LogP contribution in [0.1, 0.15) is 64.7 Å². The van der Waals surface area contributed by atoms with Crippen molar-refractivity contribution < 1.29 is 14.2 Å². The van der Waals surface area contributed by atoms with Gasteiger partial charge in [0.15, 0.2) is 0 Å². The van der Waals surface area contributed by atoms with E-state index in [-0.39, 0.29) is 5.92 Å². The maximum absolute atomic E-state index is 5.63. The fourth-order valence-corrected chi connectivity index (χ4v) is 3.17. The van der Waals surface area contributed by atoms with Crippen molar-refractivity contribution in [1.82, 2.24) is 0 Å². The Balaban J connectivity index is 0.000000867. The molecule has 2 N–H and O–H groups in total. The third-order valence-electron chi connectivity index (χ3n) is 4.68. The molecule has 1 aromatic rings. The van der Waals surface area contributed by atoms with Crippen LogP contribution in [0.4, 0.5) is 0 Å². The van der Waals surface area contributed by atoms with Crippen LogP contribution >= 0.6 is 0 Å². The average Bonchev–Trinajstić information content (AvgIpc) is 2.71. The summed E-state index contributed by atoms with van der Waals surface area (Å²) in [7, 11) is 4.93. The summed E-state index contributed by atoms with van der Waals surface area (Å²) in [6.45, 7) is 2.94. The smallest absolute Gasteiger partial charge is 0.285 e. The van der Waals surface area contributed by atoms with Crippen molar-refractivity contribution >= 4 is 0 Å². The van der Waals surface area contributed by atoms with Crippen LogP contribution in [-0.4, -0.2) is 33.8 Å². The van der Waals surface area contributed by atoms with Crippen molar-refractivity contribution in [3.63, 3.8) is 0 Å². The van der Waals surface area contributed by atoms with E-state index in [0.29, 0.717) is 6.54 Å². The molecule has 0 saturated carbocycles. The normalized spacial score (nSPS) is 12.3. The van der Waals surface area contributed by atoms with Crippen LogP contribution in [0.5, 0.6) is 0 Å². The van der Waals surface area contributed by atoms with Crippen LogP contribution in [0, 0.1) is 5.92 Å². The van der Waals surface area contributed by atoms with Crippen LogP contribution in [-0.2, 0) is 14.2 Å². The summed E-state index contributed by atoms with van der Waals surface area (Å²) in [5, 5.41) is 0. The molecule has 0 aliphatic rings. The van der Waals surface area contributed by atoms with Gasteiger partial charge in [-0.25, -0.2) is 0 Å². The van der Waals surface area contributed by atoms with E-state index in [1.807, 2.05) is 36.4 Å². The highest BCUT2D eigenvalue weighted by Gasteiger charge is 2.39. The van der Waals surface area contributed by atoms with Gasteiger partial charge in [0.1, 0.15) is 0 Å². The zero-order valence-corrected chi connectivity index (χ0v) is 17.4. The molecule has 0 saturated heterocycles. The van der Waals surface area contributed by atoms with Gasteiger partial charge in [0.2, 0.25) is 0 Å². The molecule has 1 rings (SSSR count). The molecule has 1 unspecified atom stereocenters. The maximum Gasteiger partial charge on any atom is 0.285 e. The number of benzene rings is 1. The zero-order valence-electron chi connectivity index (χ0n) is 17.4. The molecule has 0 aromatic heterocycles. The first-order chi connectivity index (χ1) is 12.7. The second-order valence-electron chi connectivity index (χ2n) is 6.55. The van der Waals surface area contributed by atoms with Crippen LogP contribution < -0.4 is 5.73 Å². The molecule has 0 bridgehead atoms. The summed E-state index contributed by atoms with van der Waals surface area (Å²) in [6, 6.07) is 12.0. The van der Waals surface area contributed by atoms with E-state index in [9.17, 15) is 0 Å². The van der Waals surface area contributed by atoms with Gasteiger partial charge < -0.3 is 19.9 Å². The van der Waals surface area contributed by atoms with Gasteiger partial charge in [-0.05, 0) is 25.8 Å². The van der Waals surface area contributed by atoms with Gasteiger partial charge in [0, 0.05) is 27.2 Å². The Labute approximate surface area is 161 Å². The van der Waals surface area contributed by atoms with Gasteiger partial charge in [-0.15, -0.1) is 0 Å². The van der Waals surface area contributed by atoms with E-state index in [4.69, 9.17) is 19.9 Å². The number of methoxy groups -OCH3 is 3. The van der Waals surface area contributed by atoms with Crippen LogP contribution in [0.3, 0.4) is 0 Å². The molecular formula is C22H41NO3. The van der Waals surface area contributed by atoms with E-state index < -0.39 is 5.97 Å². The number of nitrogens with two attached hydrogens (primary N) is 1.